The summed E-state index contributed by atoms with van der Waals surface area (Å²) in [5.41, 5.74) is 1.25. The van der Waals surface area contributed by atoms with E-state index >= 15 is 0 Å². The van der Waals surface area contributed by atoms with Crippen molar-refractivity contribution in [1.82, 2.24) is 5.32 Å². The summed E-state index contributed by atoms with van der Waals surface area (Å²) in [6, 6.07) is 6.88. The zero-order valence-corrected chi connectivity index (χ0v) is 9.52. The smallest absolute Gasteiger partial charge is 0.123 e. The van der Waals surface area contributed by atoms with Gasteiger partial charge in [-0.2, -0.15) is 0 Å². The van der Waals surface area contributed by atoms with Crippen LogP contribution in [-0.2, 0) is 6.42 Å². The van der Waals surface area contributed by atoms with E-state index in [-0.39, 0.29) is 18.2 Å². The van der Waals surface area contributed by atoms with E-state index in [1.54, 1.807) is 12.1 Å². The quantitative estimate of drug-likeness (QED) is 0.823. The largest absolute Gasteiger partial charge is 0.316 e. The number of piperidine rings is 1. The van der Waals surface area contributed by atoms with Gasteiger partial charge in [-0.25, -0.2) is 4.39 Å². The van der Waals surface area contributed by atoms with Gasteiger partial charge in [0.25, 0.3) is 0 Å². The highest BCUT2D eigenvalue weighted by atomic mass is 35.5. The third-order valence-corrected chi connectivity index (χ3v) is 2.84. The van der Waals surface area contributed by atoms with E-state index < -0.39 is 0 Å². The summed E-state index contributed by atoms with van der Waals surface area (Å²) in [6.07, 6.45) is 3.64. The van der Waals surface area contributed by atoms with Crippen LogP contribution < -0.4 is 5.32 Å². The Hall–Kier alpha value is -0.600. The maximum absolute atomic E-state index is 12.7. The topological polar surface area (TPSA) is 12.0 Å². The van der Waals surface area contributed by atoms with Crippen molar-refractivity contribution in [2.45, 2.75) is 19.3 Å². The summed E-state index contributed by atoms with van der Waals surface area (Å²) in [5, 5.41) is 3.39. The number of hydrogen-bond acceptors (Lipinski definition) is 1. The molecule has 1 aliphatic rings. The fourth-order valence-corrected chi connectivity index (χ4v) is 2.05. The maximum Gasteiger partial charge on any atom is 0.123 e. The predicted molar refractivity (Wildman–Crippen MR) is 62.9 cm³/mol. The van der Waals surface area contributed by atoms with Crippen molar-refractivity contribution in [1.29, 1.82) is 0 Å². The van der Waals surface area contributed by atoms with E-state index in [1.165, 1.54) is 18.4 Å². The van der Waals surface area contributed by atoms with Crippen molar-refractivity contribution in [3.63, 3.8) is 0 Å². The van der Waals surface area contributed by atoms with Gasteiger partial charge in [0.05, 0.1) is 0 Å². The van der Waals surface area contributed by atoms with Crippen molar-refractivity contribution in [2.24, 2.45) is 5.92 Å². The zero-order valence-electron chi connectivity index (χ0n) is 8.71. The molecule has 1 atom stereocenters. The fourth-order valence-electron chi connectivity index (χ4n) is 2.05. The standard InChI is InChI=1S/C12H16FN.ClH/c13-12-5-3-10(4-6-12)8-11-2-1-7-14-9-11;/h3-6,11,14H,1-2,7-9H2;1H/t11-;/m1./s1. The van der Waals surface area contributed by atoms with Crippen LogP contribution >= 0.6 is 12.4 Å². The molecule has 3 heteroatoms. The average molecular weight is 230 g/mol. The molecule has 1 N–H and O–H groups in total. The number of halogens is 2. The summed E-state index contributed by atoms with van der Waals surface area (Å²) in [5.74, 6) is 0.588. The summed E-state index contributed by atoms with van der Waals surface area (Å²) in [4.78, 5) is 0. The van der Waals surface area contributed by atoms with Crippen molar-refractivity contribution in [3.05, 3.63) is 35.6 Å². The van der Waals surface area contributed by atoms with Crippen molar-refractivity contribution in [3.8, 4) is 0 Å². The van der Waals surface area contributed by atoms with E-state index in [9.17, 15) is 4.39 Å². The minimum Gasteiger partial charge on any atom is -0.316 e. The van der Waals surface area contributed by atoms with Crippen LogP contribution in [0.5, 0.6) is 0 Å². The molecular weight excluding hydrogens is 213 g/mol. The summed E-state index contributed by atoms with van der Waals surface area (Å²) >= 11 is 0. The molecule has 0 unspecified atom stereocenters. The minimum atomic E-state index is -0.143. The fraction of sp³-hybridized carbons (Fsp3) is 0.500. The predicted octanol–water partition coefficient (Wildman–Crippen LogP) is 2.79. The van der Waals surface area contributed by atoms with Crippen LogP contribution in [0.4, 0.5) is 4.39 Å². The highest BCUT2D eigenvalue weighted by Gasteiger charge is 2.12. The van der Waals surface area contributed by atoms with Gasteiger partial charge in [0, 0.05) is 0 Å². The van der Waals surface area contributed by atoms with Gasteiger partial charge < -0.3 is 5.32 Å². The third kappa shape index (κ3) is 3.80. The van der Waals surface area contributed by atoms with Crippen molar-refractivity contribution >= 4 is 12.4 Å². The molecule has 0 amide bonds. The van der Waals surface area contributed by atoms with Crippen LogP contribution in [0.25, 0.3) is 0 Å². The lowest BCUT2D eigenvalue weighted by Crippen LogP contribution is -2.30. The normalized spacial score (nSPS) is 20.7. The van der Waals surface area contributed by atoms with E-state index in [0.717, 1.165) is 25.4 Å². The molecule has 15 heavy (non-hydrogen) atoms. The van der Waals surface area contributed by atoms with Gasteiger partial charge in [-0.05, 0) is 56.0 Å². The molecule has 1 heterocycles. The molecule has 1 nitrogen and oxygen atoms in total. The number of rotatable bonds is 2. The molecule has 0 bridgehead atoms. The van der Waals surface area contributed by atoms with Gasteiger partial charge in [0.15, 0.2) is 0 Å². The van der Waals surface area contributed by atoms with Gasteiger partial charge in [-0.15, -0.1) is 12.4 Å². The summed E-state index contributed by atoms with van der Waals surface area (Å²) in [6.45, 7) is 2.26. The lowest BCUT2D eigenvalue weighted by Gasteiger charge is -2.22. The monoisotopic (exact) mass is 229 g/mol. The molecular formula is C12H17ClFN. The second-order valence-electron chi connectivity index (χ2n) is 4.04. The summed E-state index contributed by atoms with van der Waals surface area (Å²) < 4.78 is 12.7. The Labute approximate surface area is 96.5 Å². The minimum absolute atomic E-state index is 0. The highest BCUT2D eigenvalue weighted by Crippen LogP contribution is 2.16. The van der Waals surface area contributed by atoms with Crippen LogP contribution in [0, 0.1) is 11.7 Å². The van der Waals surface area contributed by atoms with Gasteiger partial charge in [0.2, 0.25) is 0 Å². The van der Waals surface area contributed by atoms with Crippen LogP contribution in [0.15, 0.2) is 24.3 Å². The molecule has 1 aliphatic heterocycles. The Bertz CT molecular complexity index is 280. The molecule has 0 saturated carbocycles. The average Bonchev–Trinajstić information content (AvgIpc) is 2.23. The molecule has 1 fully saturated rings. The van der Waals surface area contributed by atoms with Gasteiger partial charge in [-0.3, -0.25) is 0 Å². The van der Waals surface area contributed by atoms with E-state index in [0.29, 0.717) is 0 Å². The maximum atomic E-state index is 12.7. The second kappa shape index (κ2) is 6.09. The second-order valence-corrected chi connectivity index (χ2v) is 4.04. The molecule has 0 radical (unpaired) electrons. The summed E-state index contributed by atoms with van der Waals surface area (Å²) in [7, 11) is 0. The first-order chi connectivity index (χ1) is 6.84. The number of nitrogens with one attached hydrogen (secondary N) is 1. The number of benzene rings is 1. The van der Waals surface area contributed by atoms with E-state index in [1.807, 2.05) is 12.1 Å². The first-order valence-corrected chi connectivity index (χ1v) is 5.30. The lowest BCUT2D eigenvalue weighted by molar-refractivity contribution is 0.376. The van der Waals surface area contributed by atoms with Crippen LogP contribution in [0.1, 0.15) is 18.4 Å². The third-order valence-electron chi connectivity index (χ3n) is 2.84. The van der Waals surface area contributed by atoms with E-state index in [4.69, 9.17) is 0 Å². The Kier molecular flexibility index (Phi) is 5.06. The molecule has 1 aromatic rings. The first-order valence-electron chi connectivity index (χ1n) is 5.30. The Morgan fingerprint density at radius 2 is 2.00 bits per heavy atom. The first kappa shape index (κ1) is 12.5. The van der Waals surface area contributed by atoms with Gasteiger partial charge in [0.1, 0.15) is 5.82 Å². The zero-order chi connectivity index (χ0) is 9.80. The van der Waals surface area contributed by atoms with Crippen LogP contribution in [0.3, 0.4) is 0 Å². The molecule has 1 saturated heterocycles. The van der Waals surface area contributed by atoms with Crippen molar-refractivity contribution < 1.29 is 4.39 Å². The Balaban J connectivity index is 0.00000112. The van der Waals surface area contributed by atoms with E-state index in [2.05, 4.69) is 5.32 Å². The van der Waals surface area contributed by atoms with Gasteiger partial charge >= 0.3 is 0 Å². The molecule has 84 valence electrons. The highest BCUT2D eigenvalue weighted by molar-refractivity contribution is 5.85. The molecule has 0 aromatic heterocycles. The van der Waals surface area contributed by atoms with Crippen LogP contribution in [0.2, 0.25) is 0 Å². The molecule has 0 aliphatic carbocycles. The van der Waals surface area contributed by atoms with Gasteiger partial charge in [-0.1, -0.05) is 12.1 Å². The molecule has 2 rings (SSSR count). The molecule has 0 spiro atoms. The van der Waals surface area contributed by atoms with Crippen LogP contribution in [-0.4, -0.2) is 13.1 Å². The Morgan fingerprint density at radius 1 is 1.27 bits per heavy atom. The number of hydrogen-bond donors (Lipinski definition) is 1. The Morgan fingerprint density at radius 3 is 2.60 bits per heavy atom. The van der Waals surface area contributed by atoms with Crippen molar-refractivity contribution in [2.75, 3.05) is 13.1 Å². The SMILES string of the molecule is Cl.Fc1ccc(C[C@H]2CCCNC2)cc1. The lowest BCUT2D eigenvalue weighted by atomic mass is 9.92. The molecule has 1 aromatic carbocycles.